The Morgan fingerprint density at radius 1 is 1.53 bits per heavy atom. The van der Waals surface area contributed by atoms with E-state index in [1.54, 1.807) is 0 Å². The molecular formula is C11H18N2O2. The maximum Gasteiger partial charge on any atom is 0.324 e. The highest BCUT2D eigenvalue weighted by Crippen LogP contribution is 2.31. The zero-order valence-corrected chi connectivity index (χ0v) is 9.36. The van der Waals surface area contributed by atoms with Crippen molar-refractivity contribution in [1.29, 1.82) is 5.26 Å². The number of carbonyl (C=O) groups is 1. The SMILES string of the molecule is CC(C)CN1CCC(C#N)(C(=O)O)CC1. The number of piperidine rings is 1. The molecule has 1 N–H and O–H groups in total. The molecule has 4 heteroatoms. The average molecular weight is 210 g/mol. The number of rotatable bonds is 3. The molecule has 15 heavy (non-hydrogen) atoms. The molecule has 1 heterocycles. The first-order chi connectivity index (χ1) is 7.00. The predicted octanol–water partition coefficient (Wildman–Crippen LogP) is 1.33. The first kappa shape index (κ1) is 12.0. The second kappa shape index (κ2) is 4.63. The Morgan fingerprint density at radius 2 is 2.07 bits per heavy atom. The Morgan fingerprint density at radius 3 is 2.40 bits per heavy atom. The van der Waals surface area contributed by atoms with E-state index in [0.717, 1.165) is 19.6 Å². The normalized spacial score (nSPS) is 21.2. The molecule has 0 bridgehead atoms. The Bertz CT molecular complexity index is 273. The van der Waals surface area contributed by atoms with Gasteiger partial charge in [0.1, 0.15) is 0 Å². The fourth-order valence-electron chi connectivity index (χ4n) is 2.01. The summed E-state index contributed by atoms with van der Waals surface area (Å²) < 4.78 is 0. The molecule has 1 fully saturated rings. The van der Waals surface area contributed by atoms with E-state index in [4.69, 9.17) is 10.4 Å². The highest BCUT2D eigenvalue weighted by molar-refractivity contribution is 5.78. The number of hydrogen-bond donors (Lipinski definition) is 1. The van der Waals surface area contributed by atoms with Crippen LogP contribution in [0.3, 0.4) is 0 Å². The van der Waals surface area contributed by atoms with Crippen molar-refractivity contribution in [2.75, 3.05) is 19.6 Å². The number of hydrogen-bond acceptors (Lipinski definition) is 3. The quantitative estimate of drug-likeness (QED) is 0.763. The Kier molecular flexibility index (Phi) is 3.70. The topological polar surface area (TPSA) is 64.3 Å². The molecule has 0 aromatic heterocycles. The highest BCUT2D eigenvalue weighted by Gasteiger charge is 2.41. The summed E-state index contributed by atoms with van der Waals surface area (Å²) in [6, 6.07) is 1.96. The summed E-state index contributed by atoms with van der Waals surface area (Å²) in [5.74, 6) is -0.376. The van der Waals surface area contributed by atoms with E-state index in [2.05, 4.69) is 18.7 Å². The van der Waals surface area contributed by atoms with Crippen LogP contribution in [0.2, 0.25) is 0 Å². The van der Waals surface area contributed by atoms with Gasteiger partial charge in [-0.05, 0) is 18.8 Å². The van der Waals surface area contributed by atoms with E-state index in [1.165, 1.54) is 0 Å². The summed E-state index contributed by atoms with van der Waals surface area (Å²) in [6.07, 6.45) is 0.900. The molecule has 0 aliphatic carbocycles. The molecule has 0 aromatic carbocycles. The van der Waals surface area contributed by atoms with Crippen LogP contribution in [0, 0.1) is 22.7 Å². The smallest absolute Gasteiger partial charge is 0.324 e. The van der Waals surface area contributed by atoms with E-state index in [1.807, 2.05) is 6.07 Å². The van der Waals surface area contributed by atoms with Crippen LogP contribution in [-0.4, -0.2) is 35.6 Å². The summed E-state index contributed by atoms with van der Waals surface area (Å²) in [5.41, 5.74) is -1.13. The third-order valence-electron chi connectivity index (χ3n) is 2.96. The van der Waals surface area contributed by atoms with Gasteiger partial charge in [0.2, 0.25) is 0 Å². The van der Waals surface area contributed by atoms with Crippen LogP contribution in [0.15, 0.2) is 0 Å². The molecule has 0 amide bonds. The minimum absolute atomic E-state index is 0.450. The van der Waals surface area contributed by atoms with Gasteiger partial charge in [0.05, 0.1) is 6.07 Å². The fourth-order valence-corrected chi connectivity index (χ4v) is 2.01. The zero-order valence-electron chi connectivity index (χ0n) is 9.36. The average Bonchev–Trinajstić information content (AvgIpc) is 2.18. The van der Waals surface area contributed by atoms with Gasteiger partial charge in [-0.15, -0.1) is 0 Å². The van der Waals surface area contributed by atoms with E-state index >= 15 is 0 Å². The molecule has 0 unspecified atom stereocenters. The lowest BCUT2D eigenvalue weighted by Crippen LogP contribution is -2.44. The summed E-state index contributed by atoms with van der Waals surface area (Å²) in [6.45, 7) is 6.71. The second-order valence-electron chi connectivity index (χ2n) is 4.69. The maximum atomic E-state index is 11.0. The van der Waals surface area contributed by atoms with Crippen LogP contribution < -0.4 is 0 Å². The Balaban J connectivity index is 2.55. The molecule has 1 aliphatic heterocycles. The molecule has 1 rings (SSSR count). The van der Waals surface area contributed by atoms with Crippen molar-refractivity contribution < 1.29 is 9.90 Å². The molecular weight excluding hydrogens is 192 g/mol. The lowest BCUT2D eigenvalue weighted by atomic mass is 9.80. The molecule has 0 spiro atoms. The van der Waals surface area contributed by atoms with Crippen molar-refractivity contribution in [3.63, 3.8) is 0 Å². The Hall–Kier alpha value is -1.08. The van der Waals surface area contributed by atoms with Crippen LogP contribution >= 0.6 is 0 Å². The van der Waals surface area contributed by atoms with Gasteiger partial charge < -0.3 is 10.0 Å². The monoisotopic (exact) mass is 210 g/mol. The third-order valence-corrected chi connectivity index (χ3v) is 2.96. The van der Waals surface area contributed by atoms with Crippen LogP contribution in [0.4, 0.5) is 0 Å². The summed E-state index contributed by atoms with van der Waals surface area (Å²) in [4.78, 5) is 13.2. The summed E-state index contributed by atoms with van der Waals surface area (Å²) in [5, 5.41) is 17.9. The molecule has 1 saturated heterocycles. The molecule has 0 saturated carbocycles. The largest absolute Gasteiger partial charge is 0.480 e. The van der Waals surface area contributed by atoms with Crippen LogP contribution in [0.1, 0.15) is 26.7 Å². The molecule has 1 aliphatic rings. The van der Waals surface area contributed by atoms with Crippen molar-refractivity contribution in [2.45, 2.75) is 26.7 Å². The number of aliphatic carboxylic acids is 1. The second-order valence-corrected chi connectivity index (χ2v) is 4.69. The predicted molar refractivity (Wildman–Crippen MR) is 56.2 cm³/mol. The van der Waals surface area contributed by atoms with Crippen LogP contribution in [0.5, 0.6) is 0 Å². The Labute approximate surface area is 90.5 Å². The van der Waals surface area contributed by atoms with Crippen molar-refractivity contribution in [3.05, 3.63) is 0 Å². The molecule has 0 atom stereocenters. The van der Waals surface area contributed by atoms with Gasteiger partial charge in [-0.25, -0.2) is 0 Å². The highest BCUT2D eigenvalue weighted by atomic mass is 16.4. The molecule has 0 aromatic rings. The fraction of sp³-hybridized carbons (Fsp3) is 0.818. The standard InChI is InChI=1S/C11H18N2O2/c1-9(2)7-13-5-3-11(8-12,4-6-13)10(14)15/h9H,3-7H2,1-2H3,(H,14,15). The lowest BCUT2D eigenvalue weighted by molar-refractivity contribution is -0.147. The van der Waals surface area contributed by atoms with Crippen LogP contribution in [-0.2, 0) is 4.79 Å². The zero-order chi connectivity index (χ0) is 11.5. The first-order valence-electron chi connectivity index (χ1n) is 5.37. The van der Waals surface area contributed by atoms with Gasteiger partial charge in [-0.3, -0.25) is 4.79 Å². The summed E-state index contributed by atoms with van der Waals surface area (Å²) in [7, 11) is 0. The van der Waals surface area contributed by atoms with Gasteiger partial charge in [0.25, 0.3) is 0 Å². The molecule has 4 nitrogen and oxygen atoms in total. The van der Waals surface area contributed by atoms with Crippen molar-refractivity contribution in [3.8, 4) is 6.07 Å². The first-order valence-corrected chi connectivity index (χ1v) is 5.37. The van der Waals surface area contributed by atoms with Crippen molar-refractivity contribution in [1.82, 2.24) is 4.90 Å². The lowest BCUT2D eigenvalue weighted by Gasteiger charge is -2.35. The summed E-state index contributed by atoms with van der Waals surface area (Å²) >= 11 is 0. The van der Waals surface area contributed by atoms with Crippen molar-refractivity contribution >= 4 is 5.97 Å². The number of carboxylic acids is 1. The molecule has 0 radical (unpaired) electrons. The van der Waals surface area contributed by atoms with Gasteiger partial charge in [0, 0.05) is 19.6 Å². The van der Waals surface area contributed by atoms with Gasteiger partial charge in [-0.2, -0.15) is 5.26 Å². The minimum Gasteiger partial charge on any atom is -0.480 e. The van der Waals surface area contributed by atoms with Crippen LogP contribution in [0.25, 0.3) is 0 Å². The van der Waals surface area contributed by atoms with Crippen molar-refractivity contribution in [2.24, 2.45) is 11.3 Å². The van der Waals surface area contributed by atoms with E-state index in [9.17, 15) is 4.79 Å². The molecule has 84 valence electrons. The number of carboxylic acid groups (broad SMARTS) is 1. The van der Waals surface area contributed by atoms with E-state index < -0.39 is 11.4 Å². The third kappa shape index (κ3) is 2.69. The minimum atomic E-state index is -1.13. The van der Waals surface area contributed by atoms with E-state index in [0.29, 0.717) is 18.8 Å². The van der Waals surface area contributed by atoms with Gasteiger partial charge in [-0.1, -0.05) is 13.8 Å². The van der Waals surface area contributed by atoms with Gasteiger partial charge >= 0.3 is 5.97 Å². The number of nitriles is 1. The maximum absolute atomic E-state index is 11.0. The van der Waals surface area contributed by atoms with Gasteiger partial charge in [0.15, 0.2) is 5.41 Å². The number of likely N-dealkylation sites (tertiary alicyclic amines) is 1. The number of nitrogens with zero attached hydrogens (tertiary/aromatic N) is 2. The van der Waals surface area contributed by atoms with E-state index in [-0.39, 0.29) is 0 Å².